The molecule has 3 aromatic rings. The Bertz CT molecular complexity index is 1420. The SMILES string of the molecule is CC(C)OC(=O)N1CCCC(Nc2ncc3nc(Nc4c(Cl)cc(F)cc4Cl)n(C4CCC(C(N)=O)CC4)c3n2)C1. The monoisotopic (exact) mass is 606 g/mol. The van der Waals surface area contributed by atoms with Gasteiger partial charge in [0, 0.05) is 31.1 Å². The lowest BCUT2D eigenvalue weighted by Crippen LogP contribution is -2.46. The van der Waals surface area contributed by atoms with Gasteiger partial charge in [0.15, 0.2) is 5.65 Å². The molecule has 2 fully saturated rings. The van der Waals surface area contributed by atoms with Crippen LogP contribution in [-0.4, -0.2) is 61.7 Å². The molecule has 1 unspecified atom stereocenters. The number of hydrogen-bond donors (Lipinski definition) is 3. The first-order chi connectivity index (χ1) is 19.6. The summed E-state index contributed by atoms with van der Waals surface area (Å²) >= 11 is 12.6. The number of primary amides is 1. The quantitative estimate of drug-likeness (QED) is 0.313. The number of nitrogens with one attached hydrogen (secondary N) is 2. The van der Waals surface area contributed by atoms with Crippen molar-refractivity contribution in [3.05, 3.63) is 34.2 Å². The first-order valence-electron chi connectivity index (χ1n) is 13.8. The molecule has 1 aliphatic carbocycles. The summed E-state index contributed by atoms with van der Waals surface area (Å²) in [6.07, 6.45) is 5.41. The number of likely N-dealkylation sites (tertiary alicyclic amines) is 1. The third-order valence-corrected chi connectivity index (χ3v) is 8.09. The number of anilines is 3. The van der Waals surface area contributed by atoms with Crippen LogP contribution in [0.2, 0.25) is 10.0 Å². The number of imidazole rings is 1. The van der Waals surface area contributed by atoms with Gasteiger partial charge in [0.25, 0.3) is 0 Å². The maximum atomic E-state index is 13.8. The molecule has 2 aromatic heterocycles. The highest BCUT2D eigenvalue weighted by Crippen LogP contribution is 2.39. The number of amides is 2. The van der Waals surface area contributed by atoms with Gasteiger partial charge in [0.05, 0.1) is 28.0 Å². The van der Waals surface area contributed by atoms with Crippen LogP contribution in [0.4, 0.5) is 26.8 Å². The number of benzene rings is 1. The highest BCUT2D eigenvalue weighted by atomic mass is 35.5. The minimum atomic E-state index is -0.552. The van der Waals surface area contributed by atoms with Crippen molar-refractivity contribution in [3.63, 3.8) is 0 Å². The maximum Gasteiger partial charge on any atom is 0.410 e. The second-order valence-electron chi connectivity index (χ2n) is 10.8. The van der Waals surface area contributed by atoms with Crippen molar-refractivity contribution in [2.24, 2.45) is 11.7 Å². The van der Waals surface area contributed by atoms with E-state index in [1.165, 1.54) is 12.1 Å². The van der Waals surface area contributed by atoms with Crippen molar-refractivity contribution in [1.29, 1.82) is 0 Å². The second-order valence-corrected chi connectivity index (χ2v) is 11.7. The average molecular weight is 608 g/mol. The number of piperidine rings is 1. The minimum Gasteiger partial charge on any atom is -0.447 e. The molecule has 1 aromatic carbocycles. The van der Waals surface area contributed by atoms with Crippen LogP contribution in [-0.2, 0) is 9.53 Å². The van der Waals surface area contributed by atoms with Crippen molar-refractivity contribution in [1.82, 2.24) is 24.4 Å². The minimum absolute atomic E-state index is 0.0465. The van der Waals surface area contributed by atoms with Gasteiger partial charge in [-0.05, 0) is 64.5 Å². The third-order valence-electron chi connectivity index (χ3n) is 7.49. The van der Waals surface area contributed by atoms with Crippen molar-refractivity contribution in [3.8, 4) is 0 Å². The van der Waals surface area contributed by atoms with Crippen LogP contribution >= 0.6 is 23.2 Å². The van der Waals surface area contributed by atoms with E-state index < -0.39 is 5.82 Å². The van der Waals surface area contributed by atoms with E-state index in [1.807, 2.05) is 18.4 Å². The molecule has 1 saturated carbocycles. The van der Waals surface area contributed by atoms with Gasteiger partial charge in [-0.25, -0.2) is 19.2 Å². The number of nitrogens with two attached hydrogens (primary N) is 1. The molecule has 11 nitrogen and oxygen atoms in total. The van der Waals surface area contributed by atoms with E-state index >= 15 is 0 Å². The van der Waals surface area contributed by atoms with Gasteiger partial charge in [-0.15, -0.1) is 0 Å². The summed E-state index contributed by atoms with van der Waals surface area (Å²) in [5.74, 6) is -0.205. The van der Waals surface area contributed by atoms with Crippen molar-refractivity contribution in [2.75, 3.05) is 23.7 Å². The van der Waals surface area contributed by atoms with E-state index in [1.54, 1.807) is 11.1 Å². The van der Waals surface area contributed by atoms with Crippen LogP contribution in [0, 0.1) is 11.7 Å². The number of nitrogens with zero attached hydrogens (tertiary/aromatic N) is 5. The van der Waals surface area contributed by atoms with Gasteiger partial charge >= 0.3 is 6.09 Å². The molecule has 4 N–H and O–H groups in total. The highest BCUT2D eigenvalue weighted by molar-refractivity contribution is 6.39. The largest absolute Gasteiger partial charge is 0.447 e. The fourth-order valence-corrected chi connectivity index (χ4v) is 6.06. The van der Waals surface area contributed by atoms with Crippen LogP contribution in [0.15, 0.2) is 18.3 Å². The number of rotatable bonds is 7. The van der Waals surface area contributed by atoms with Gasteiger partial charge in [-0.3, -0.25) is 9.36 Å². The molecular formula is C27H33Cl2FN8O3. The first kappa shape index (κ1) is 29.1. The molecule has 0 bridgehead atoms. The van der Waals surface area contributed by atoms with E-state index in [-0.39, 0.29) is 46.2 Å². The number of halogens is 3. The predicted octanol–water partition coefficient (Wildman–Crippen LogP) is 5.65. The summed E-state index contributed by atoms with van der Waals surface area (Å²) in [7, 11) is 0. The molecule has 14 heteroatoms. The molecule has 2 amide bonds. The van der Waals surface area contributed by atoms with Crippen LogP contribution in [0.1, 0.15) is 58.4 Å². The Morgan fingerprint density at radius 3 is 2.49 bits per heavy atom. The summed E-state index contributed by atoms with van der Waals surface area (Å²) in [6, 6.07) is 2.24. The van der Waals surface area contributed by atoms with E-state index in [0.717, 1.165) is 12.8 Å². The lowest BCUT2D eigenvalue weighted by Gasteiger charge is -2.33. The van der Waals surface area contributed by atoms with Gasteiger partial charge in [-0.2, -0.15) is 4.98 Å². The first-order valence-corrected chi connectivity index (χ1v) is 14.5. The molecule has 3 heterocycles. The lowest BCUT2D eigenvalue weighted by molar-refractivity contribution is -0.122. The van der Waals surface area contributed by atoms with E-state index in [4.69, 9.17) is 43.6 Å². The molecule has 0 radical (unpaired) electrons. The zero-order valence-electron chi connectivity index (χ0n) is 22.9. The zero-order valence-corrected chi connectivity index (χ0v) is 24.4. The Labute approximate surface area is 246 Å². The molecule has 5 rings (SSSR count). The normalized spacial score (nSPS) is 21.2. The zero-order chi connectivity index (χ0) is 29.3. The number of ether oxygens (including phenoxy) is 1. The molecule has 1 atom stereocenters. The number of hydrogen-bond acceptors (Lipinski definition) is 8. The fourth-order valence-electron chi connectivity index (χ4n) is 5.51. The Kier molecular flexibility index (Phi) is 8.69. The van der Waals surface area contributed by atoms with Crippen molar-refractivity contribution >= 4 is 64.0 Å². The fraction of sp³-hybridized carbons (Fsp3) is 0.519. The van der Waals surface area contributed by atoms with E-state index in [0.29, 0.717) is 67.5 Å². The summed E-state index contributed by atoms with van der Waals surface area (Å²) in [5.41, 5.74) is 7.00. The van der Waals surface area contributed by atoms with Gasteiger partial charge in [-0.1, -0.05) is 23.2 Å². The average Bonchev–Trinajstić information content (AvgIpc) is 3.27. The van der Waals surface area contributed by atoms with Crippen molar-refractivity contribution < 1.29 is 18.7 Å². The van der Waals surface area contributed by atoms with E-state index in [2.05, 4.69) is 15.6 Å². The van der Waals surface area contributed by atoms with Gasteiger partial charge < -0.3 is 26.0 Å². The van der Waals surface area contributed by atoms with Crippen LogP contribution < -0.4 is 16.4 Å². The predicted molar refractivity (Wildman–Crippen MR) is 155 cm³/mol. The summed E-state index contributed by atoms with van der Waals surface area (Å²) in [4.78, 5) is 40.0. The van der Waals surface area contributed by atoms with Gasteiger partial charge in [0.2, 0.25) is 17.8 Å². The molecule has 2 aliphatic rings. The number of carbonyl (C=O) groups is 2. The van der Waals surface area contributed by atoms with Gasteiger partial charge in [0.1, 0.15) is 11.3 Å². The van der Waals surface area contributed by atoms with Crippen LogP contribution in [0.25, 0.3) is 11.2 Å². The molecular weight excluding hydrogens is 574 g/mol. The highest BCUT2D eigenvalue weighted by Gasteiger charge is 2.30. The Morgan fingerprint density at radius 2 is 1.83 bits per heavy atom. The maximum absolute atomic E-state index is 13.8. The topological polar surface area (TPSA) is 140 Å². The van der Waals surface area contributed by atoms with Crippen LogP contribution in [0.3, 0.4) is 0 Å². The summed E-state index contributed by atoms with van der Waals surface area (Å²) < 4.78 is 21.2. The summed E-state index contributed by atoms with van der Waals surface area (Å²) in [5, 5.41) is 6.76. The van der Waals surface area contributed by atoms with Crippen LogP contribution in [0.5, 0.6) is 0 Å². The Balaban J connectivity index is 1.45. The smallest absolute Gasteiger partial charge is 0.410 e. The Hall–Kier alpha value is -3.38. The second kappa shape index (κ2) is 12.2. The number of carbonyl (C=O) groups excluding carboxylic acids is 2. The molecule has 1 saturated heterocycles. The Morgan fingerprint density at radius 1 is 1.12 bits per heavy atom. The molecule has 41 heavy (non-hydrogen) atoms. The lowest BCUT2D eigenvalue weighted by atomic mass is 9.85. The number of aromatic nitrogens is 4. The summed E-state index contributed by atoms with van der Waals surface area (Å²) in [6.45, 7) is 4.75. The third kappa shape index (κ3) is 6.59. The van der Waals surface area contributed by atoms with Crippen molar-refractivity contribution in [2.45, 2.75) is 70.6 Å². The number of fused-ring (bicyclic) bond motifs is 1. The molecule has 1 aliphatic heterocycles. The van der Waals surface area contributed by atoms with E-state index in [9.17, 15) is 14.0 Å². The molecule has 220 valence electrons. The standard InChI is InChI=1S/C27H33Cl2FN8O3/c1-14(2)41-27(40)37-9-3-4-17(13-37)33-25-32-12-21-24(36-25)38(18-7-5-15(6-8-18)23(31)39)26(34-21)35-22-19(28)10-16(30)11-20(22)29/h10-12,14-15,17-18H,3-9,13H2,1-2H3,(H2,31,39)(H,34,35)(H,32,33,36). The molecule has 0 spiro atoms.